The van der Waals surface area contributed by atoms with Gasteiger partial charge in [-0.05, 0) is 30.3 Å². The van der Waals surface area contributed by atoms with Crippen molar-refractivity contribution in [3.05, 3.63) is 77.4 Å². The molecule has 0 amide bonds. The smallest absolute Gasteiger partial charge is 0.214 e. The molecule has 0 spiro atoms. The second kappa shape index (κ2) is 8.00. The lowest BCUT2D eigenvalue weighted by Crippen LogP contribution is -2.33. The topological polar surface area (TPSA) is 72.8 Å². The van der Waals surface area contributed by atoms with Gasteiger partial charge in [0.05, 0.1) is 33.1 Å². The van der Waals surface area contributed by atoms with E-state index in [0.29, 0.717) is 23.7 Å². The first-order chi connectivity index (χ1) is 15.6. The zero-order chi connectivity index (χ0) is 22.2. The van der Waals surface area contributed by atoms with Gasteiger partial charge in [0.15, 0.2) is 11.5 Å². The fraction of sp³-hybridized carbons (Fsp3) is 0.240. The van der Waals surface area contributed by atoms with Gasteiger partial charge in [0.25, 0.3) is 0 Å². The number of hydrogen-bond donors (Lipinski definition) is 1. The minimum absolute atomic E-state index is 0.0290. The Morgan fingerprint density at radius 1 is 0.938 bits per heavy atom. The maximum absolute atomic E-state index is 10.4. The van der Waals surface area contributed by atoms with E-state index in [1.54, 1.807) is 33.5 Å². The summed E-state index contributed by atoms with van der Waals surface area (Å²) in [6.45, 7) is 0. The maximum atomic E-state index is 10.4. The SMILES string of the molecule is COc1cc([C@@H]2Oc3ccccc3[C@H]3CC(c4ccccc4O)=NN32)cc(OC)c1OC. The minimum Gasteiger partial charge on any atom is -0.507 e. The highest BCUT2D eigenvalue weighted by molar-refractivity contribution is 6.04. The van der Waals surface area contributed by atoms with Gasteiger partial charge in [-0.2, -0.15) is 5.10 Å². The minimum atomic E-state index is -0.507. The number of phenolic OH excluding ortho intramolecular Hbond substituents is 1. The molecule has 2 heterocycles. The van der Waals surface area contributed by atoms with E-state index in [2.05, 4.69) is 6.07 Å². The van der Waals surface area contributed by atoms with E-state index in [1.165, 1.54) is 0 Å². The van der Waals surface area contributed by atoms with Crippen molar-refractivity contribution in [2.75, 3.05) is 21.3 Å². The molecule has 2 aliphatic rings. The first kappa shape index (κ1) is 20.1. The van der Waals surface area contributed by atoms with E-state index in [-0.39, 0.29) is 11.8 Å². The Balaban J connectivity index is 1.64. The Morgan fingerprint density at radius 3 is 2.31 bits per heavy atom. The molecular weight excluding hydrogens is 408 g/mol. The van der Waals surface area contributed by atoms with Crippen LogP contribution in [0.2, 0.25) is 0 Å². The maximum Gasteiger partial charge on any atom is 0.214 e. The number of hydrogen-bond acceptors (Lipinski definition) is 7. The van der Waals surface area contributed by atoms with Gasteiger partial charge in [0.1, 0.15) is 11.5 Å². The number of para-hydroxylation sites is 2. The molecule has 1 N–H and O–H groups in total. The van der Waals surface area contributed by atoms with Crippen LogP contribution < -0.4 is 18.9 Å². The summed E-state index contributed by atoms with van der Waals surface area (Å²) in [4.78, 5) is 0. The van der Waals surface area contributed by atoms with Crippen LogP contribution in [0.25, 0.3) is 0 Å². The van der Waals surface area contributed by atoms with E-state index in [9.17, 15) is 5.11 Å². The Kier molecular flexibility index (Phi) is 5.01. The zero-order valence-corrected chi connectivity index (χ0v) is 18.1. The number of ether oxygens (including phenoxy) is 4. The van der Waals surface area contributed by atoms with Crippen molar-refractivity contribution in [2.24, 2.45) is 5.10 Å². The van der Waals surface area contributed by atoms with Crippen molar-refractivity contribution in [1.82, 2.24) is 5.01 Å². The molecule has 5 rings (SSSR count). The molecular formula is C25H24N2O5. The number of rotatable bonds is 5. The number of nitrogens with zero attached hydrogens (tertiary/aromatic N) is 2. The molecule has 0 aromatic heterocycles. The van der Waals surface area contributed by atoms with E-state index < -0.39 is 6.23 Å². The van der Waals surface area contributed by atoms with Gasteiger partial charge in [0.2, 0.25) is 12.0 Å². The molecule has 3 aromatic carbocycles. The summed E-state index contributed by atoms with van der Waals surface area (Å²) >= 11 is 0. The van der Waals surface area contributed by atoms with Crippen LogP contribution in [-0.4, -0.2) is 37.2 Å². The first-order valence-corrected chi connectivity index (χ1v) is 10.3. The van der Waals surface area contributed by atoms with Gasteiger partial charge in [-0.15, -0.1) is 0 Å². The van der Waals surface area contributed by atoms with Crippen LogP contribution in [0.4, 0.5) is 0 Å². The summed E-state index contributed by atoms with van der Waals surface area (Å²) in [5.74, 6) is 2.63. The van der Waals surface area contributed by atoms with Gasteiger partial charge in [0, 0.05) is 23.1 Å². The van der Waals surface area contributed by atoms with E-state index in [4.69, 9.17) is 24.0 Å². The quantitative estimate of drug-likeness (QED) is 0.632. The van der Waals surface area contributed by atoms with E-state index in [1.807, 2.05) is 47.5 Å². The van der Waals surface area contributed by atoms with Crippen molar-refractivity contribution in [2.45, 2.75) is 18.7 Å². The number of methoxy groups -OCH3 is 3. The lowest BCUT2D eigenvalue weighted by atomic mass is 9.95. The van der Waals surface area contributed by atoms with Crippen LogP contribution in [0.3, 0.4) is 0 Å². The van der Waals surface area contributed by atoms with Crippen LogP contribution in [0.15, 0.2) is 65.8 Å². The van der Waals surface area contributed by atoms with Crippen molar-refractivity contribution < 1.29 is 24.1 Å². The number of hydrazone groups is 1. The molecule has 7 nitrogen and oxygen atoms in total. The second-order valence-electron chi connectivity index (χ2n) is 7.63. The molecule has 164 valence electrons. The second-order valence-corrected chi connectivity index (χ2v) is 7.63. The molecule has 3 aromatic rings. The van der Waals surface area contributed by atoms with Crippen molar-refractivity contribution in [1.29, 1.82) is 0 Å². The monoisotopic (exact) mass is 432 g/mol. The van der Waals surface area contributed by atoms with E-state index >= 15 is 0 Å². The lowest BCUT2D eigenvalue weighted by Gasteiger charge is -2.38. The molecule has 0 saturated carbocycles. The summed E-state index contributed by atoms with van der Waals surface area (Å²) in [6, 6.07) is 19.0. The summed E-state index contributed by atoms with van der Waals surface area (Å²) in [7, 11) is 4.75. The third kappa shape index (κ3) is 3.17. The summed E-state index contributed by atoms with van der Waals surface area (Å²) in [5.41, 5.74) is 3.42. The molecule has 2 aliphatic heterocycles. The molecule has 0 radical (unpaired) electrons. The number of phenols is 1. The van der Waals surface area contributed by atoms with Gasteiger partial charge >= 0.3 is 0 Å². The lowest BCUT2D eigenvalue weighted by molar-refractivity contribution is -0.0192. The normalized spacial score (nSPS) is 18.8. The average molecular weight is 432 g/mol. The largest absolute Gasteiger partial charge is 0.507 e. The highest BCUT2D eigenvalue weighted by Crippen LogP contribution is 2.50. The summed E-state index contributed by atoms with van der Waals surface area (Å²) in [6.07, 6.45) is 0.144. The standard InChI is InChI=1S/C25H24N2O5/c1-29-22-12-15(13-23(30-2)24(22)31-3)25-27-19(17-9-5-7-11-21(17)32-25)14-18(26-27)16-8-4-6-10-20(16)28/h4-13,19,25,28H,14H2,1-3H3/t19-,25+/m1/s1. The number of benzene rings is 3. The Hall–Kier alpha value is -3.87. The molecule has 0 aliphatic carbocycles. The molecule has 0 bridgehead atoms. The van der Waals surface area contributed by atoms with Gasteiger partial charge in [-0.1, -0.05) is 30.3 Å². The molecule has 0 fully saturated rings. The third-order valence-corrected chi connectivity index (χ3v) is 5.89. The van der Waals surface area contributed by atoms with Gasteiger partial charge in [-0.25, -0.2) is 5.01 Å². The van der Waals surface area contributed by atoms with Crippen LogP contribution in [0.1, 0.15) is 35.4 Å². The predicted octanol–water partition coefficient (Wildman–Crippen LogP) is 4.66. The predicted molar refractivity (Wildman–Crippen MR) is 120 cm³/mol. The fourth-order valence-electron chi connectivity index (χ4n) is 4.38. The van der Waals surface area contributed by atoms with E-state index in [0.717, 1.165) is 28.2 Å². The highest BCUT2D eigenvalue weighted by Gasteiger charge is 2.41. The number of fused-ring (bicyclic) bond motifs is 3. The Morgan fingerprint density at radius 2 is 1.62 bits per heavy atom. The molecule has 0 saturated heterocycles. The zero-order valence-electron chi connectivity index (χ0n) is 18.1. The van der Waals surface area contributed by atoms with Crippen LogP contribution in [0.5, 0.6) is 28.7 Å². The molecule has 0 unspecified atom stereocenters. The highest BCUT2D eigenvalue weighted by atomic mass is 16.5. The number of aromatic hydroxyl groups is 1. The van der Waals surface area contributed by atoms with Gasteiger partial charge < -0.3 is 24.1 Å². The van der Waals surface area contributed by atoms with Gasteiger partial charge in [-0.3, -0.25) is 0 Å². The Bertz CT molecular complexity index is 1170. The van der Waals surface area contributed by atoms with Crippen molar-refractivity contribution in [3.8, 4) is 28.7 Å². The van der Waals surface area contributed by atoms with Crippen molar-refractivity contribution in [3.63, 3.8) is 0 Å². The molecule has 7 heteroatoms. The fourth-order valence-corrected chi connectivity index (χ4v) is 4.38. The first-order valence-electron chi connectivity index (χ1n) is 10.3. The van der Waals surface area contributed by atoms with Crippen LogP contribution >= 0.6 is 0 Å². The molecule has 32 heavy (non-hydrogen) atoms. The summed E-state index contributed by atoms with van der Waals surface area (Å²) in [5, 5.41) is 17.3. The Labute approximate surface area is 186 Å². The summed E-state index contributed by atoms with van der Waals surface area (Å²) < 4.78 is 23.0. The van der Waals surface area contributed by atoms with Crippen LogP contribution in [-0.2, 0) is 0 Å². The molecule has 2 atom stereocenters. The average Bonchev–Trinajstić information content (AvgIpc) is 3.28. The van der Waals surface area contributed by atoms with Crippen molar-refractivity contribution >= 4 is 5.71 Å². The third-order valence-electron chi connectivity index (χ3n) is 5.89. The van der Waals surface area contributed by atoms with Crippen LogP contribution in [0, 0.1) is 0 Å².